The van der Waals surface area contributed by atoms with Gasteiger partial charge in [0.15, 0.2) is 0 Å². The fraction of sp³-hybridized carbons (Fsp3) is 0. The van der Waals surface area contributed by atoms with Crippen LogP contribution >= 0.6 is 8.34 Å². The maximum absolute atomic E-state index is 8.74. The molecule has 0 unspecified atom stereocenters. The summed E-state index contributed by atoms with van der Waals surface area (Å²) in [7, 11) is -1.42. The molecule has 0 aromatic heterocycles. The summed E-state index contributed by atoms with van der Waals surface area (Å²) >= 11 is -3.15. The monoisotopic (exact) mass is 169 g/mol. The van der Waals surface area contributed by atoms with Gasteiger partial charge in [0.05, 0.1) is 0 Å². The van der Waals surface area contributed by atoms with Gasteiger partial charge in [-0.3, -0.25) is 0 Å². The fourth-order valence-corrected chi connectivity index (χ4v) is 0. The molecule has 0 atom stereocenters. The fourth-order valence-electron chi connectivity index (χ4n) is 0. The second-order valence-electron chi connectivity index (χ2n) is 0.297. The average Bonchev–Trinajstić information content (AvgIpc) is 1.33. The molecule has 7 heteroatoms. The van der Waals surface area contributed by atoms with Crippen LogP contribution in [-0.2, 0) is 27.5 Å². The molecule has 0 aromatic rings. The summed E-state index contributed by atoms with van der Waals surface area (Å²) in [5, 5.41) is 0. The van der Waals surface area contributed by atoms with Crippen molar-refractivity contribution in [3.8, 4) is 0 Å². The van der Waals surface area contributed by atoms with Crippen LogP contribution in [0.25, 0.3) is 0 Å². The standard InChI is InChI=1S/Mn.HO2P.2H2O.O/c;1-3-2;;;/h;3H;2*1H2;/q+2;;;;/p-2. The normalized spacial score (nSPS) is 6.71. The maximum atomic E-state index is 8.74. The van der Waals surface area contributed by atoms with Gasteiger partial charge in [0, 0.05) is 0 Å². The third kappa shape index (κ3) is 5410. The summed E-state index contributed by atoms with van der Waals surface area (Å²) in [5.41, 5.74) is 0. The van der Waals surface area contributed by atoms with Crippen LogP contribution in [0.15, 0.2) is 0 Å². The average molecular weight is 169 g/mol. The summed E-state index contributed by atoms with van der Waals surface area (Å²) in [5.74, 6) is 0. The van der Waals surface area contributed by atoms with Gasteiger partial charge in [-0.25, -0.2) is 9.13 Å². The molecule has 0 spiro atoms. The molecule has 0 aromatic carbocycles. The van der Waals surface area contributed by atoms with E-state index < -0.39 is 22.8 Å². The van der Waals surface area contributed by atoms with Gasteiger partial charge in [-0.2, -0.15) is 0 Å². The molecule has 0 fully saturated rings. The van der Waals surface area contributed by atoms with Crippen LogP contribution < -0.4 is 0 Å². The zero-order valence-electron chi connectivity index (χ0n) is 3.00. The molecular formula is H3MnO5P. The third-order valence-corrected chi connectivity index (χ3v) is 0. The van der Waals surface area contributed by atoms with E-state index in [0.29, 0.717) is 0 Å². The third-order valence-electron chi connectivity index (χ3n) is 0. The Kier molecular flexibility index (Phi) is 13.8. The van der Waals surface area contributed by atoms with E-state index in [1.807, 2.05) is 0 Å². The molecule has 0 heterocycles. The quantitative estimate of drug-likeness (QED) is 0.362. The Morgan fingerprint density at radius 1 is 1.29 bits per heavy atom. The van der Waals surface area contributed by atoms with Crippen molar-refractivity contribution in [3.05, 3.63) is 0 Å². The van der Waals surface area contributed by atoms with E-state index >= 15 is 0 Å². The van der Waals surface area contributed by atoms with Gasteiger partial charge in [0.2, 0.25) is 0 Å². The van der Waals surface area contributed by atoms with Crippen LogP contribution in [0.3, 0.4) is 0 Å². The minimum absolute atomic E-state index is 1.42. The molecule has 45 valence electrons. The van der Waals surface area contributed by atoms with Crippen molar-refractivity contribution < 1.29 is 35.8 Å². The summed E-state index contributed by atoms with van der Waals surface area (Å²) < 4.78 is 39.9. The predicted octanol–water partition coefficient (Wildman–Crippen LogP) is -0.879. The van der Waals surface area contributed by atoms with E-state index in [1.165, 1.54) is 0 Å². The van der Waals surface area contributed by atoms with Gasteiger partial charge in [0.1, 0.15) is 0 Å². The van der Waals surface area contributed by atoms with Crippen molar-refractivity contribution in [1.82, 2.24) is 0 Å². The van der Waals surface area contributed by atoms with Gasteiger partial charge in [-0.15, -0.1) is 0 Å². The van der Waals surface area contributed by atoms with E-state index in [1.54, 1.807) is 0 Å². The zero-order valence-corrected chi connectivity index (χ0v) is 5.18. The Hall–Kier alpha value is 0.139. The van der Waals surface area contributed by atoms with Crippen molar-refractivity contribution in [2.24, 2.45) is 0 Å². The Morgan fingerprint density at radius 3 is 1.29 bits per heavy atom. The molecule has 0 aliphatic carbocycles. The first-order valence-corrected chi connectivity index (χ1v) is 3.25. The topological polar surface area (TPSA) is 91.7 Å². The first-order valence-electron chi connectivity index (χ1n) is 0.901. The summed E-state index contributed by atoms with van der Waals surface area (Å²) in [6, 6.07) is 0. The molecule has 0 aliphatic heterocycles. The summed E-state index contributed by atoms with van der Waals surface area (Å²) in [6.45, 7) is 0. The molecule has 0 saturated carbocycles. The Labute approximate surface area is 44.9 Å². The Bertz CT molecular complexity index is 76.1. The number of rotatable bonds is 0. The molecule has 5 nitrogen and oxygen atoms in total. The molecule has 0 radical (unpaired) electrons. The first kappa shape index (κ1) is 10.2. The molecule has 7 heavy (non-hydrogen) atoms. The molecular weight excluding hydrogens is 166 g/mol. The van der Waals surface area contributed by atoms with Crippen LogP contribution in [0.4, 0.5) is 0 Å². The predicted molar refractivity (Wildman–Crippen MR) is 14.8 cm³/mol. The number of hydrogen-bond acceptors (Lipinski definition) is 3. The Balaban J connectivity index is 0. The summed E-state index contributed by atoms with van der Waals surface area (Å²) in [6.07, 6.45) is 0. The van der Waals surface area contributed by atoms with Gasteiger partial charge >= 0.3 is 35.0 Å². The zero-order chi connectivity index (χ0) is 6.28. The van der Waals surface area contributed by atoms with Crippen molar-refractivity contribution in [3.63, 3.8) is 0 Å². The van der Waals surface area contributed by atoms with Gasteiger partial charge in [-0.1, -0.05) is 0 Å². The van der Waals surface area contributed by atoms with Crippen molar-refractivity contribution in [2.75, 3.05) is 0 Å². The van der Waals surface area contributed by atoms with Crippen LogP contribution in [-0.4, -0.2) is 8.38 Å². The molecule has 0 saturated heterocycles. The van der Waals surface area contributed by atoms with Crippen LogP contribution in [0, 0.1) is 0 Å². The van der Waals surface area contributed by atoms with Crippen LogP contribution in [0.1, 0.15) is 0 Å². The molecule has 0 amide bonds. The van der Waals surface area contributed by atoms with E-state index in [2.05, 4.69) is 0 Å². The molecule has 0 rings (SSSR count). The van der Waals surface area contributed by atoms with Gasteiger partial charge < -0.3 is 0 Å². The van der Waals surface area contributed by atoms with Crippen molar-refractivity contribution in [2.45, 2.75) is 0 Å². The van der Waals surface area contributed by atoms with Crippen molar-refractivity contribution in [1.29, 1.82) is 0 Å². The first-order chi connectivity index (χ1) is 3.15. The van der Waals surface area contributed by atoms with Crippen LogP contribution in [0.5, 0.6) is 0 Å². The van der Waals surface area contributed by atoms with E-state index in [9.17, 15) is 0 Å². The second kappa shape index (κ2) is 9.46. The van der Waals surface area contributed by atoms with Gasteiger partial charge in [-0.05, 0) is 0 Å². The second-order valence-corrected chi connectivity index (χ2v) is 1.13. The van der Waals surface area contributed by atoms with E-state index in [-0.39, 0.29) is 0 Å². The Morgan fingerprint density at radius 2 is 1.29 bits per heavy atom. The van der Waals surface area contributed by atoms with E-state index in [0.717, 1.165) is 0 Å². The van der Waals surface area contributed by atoms with Gasteiger partial charge in [0.25, 0.3) is 0 Å². The van der Waals surface area contributed by atoms with Crippen molar-refractivity contribution >= 4 is 8.34 Å². The SMILES string of the molecule is O=[PH]=O.[O]=[Mn]([OH])[OH]. The molecule has 2 N–H and O–H groups in total. The van der Waals surface area contributed by atoms with Crippen LogP contribution in [0.2, 0.25) is 0 Å². The summed E-state index contributed by atoms with van der Waals surface area (Å²) in [4.78, 5) is 0. The minimum atomic E-state index is -3.15. The number of hydrogen-bond donors (Lipinski definition) is 2. The van der Waals surface area contributed by atoms with E-state index in [4.69, 9.17) is 21.3 Å². The molecule has 0 aliphatic rings. The molecule has 0 bridgehead atoms.